The van der Waals surface area contributed by atoms with Gasteiger partial charge in [-0.3, -0.25) is 0 Å². The third-order valence-electron chi connectivity index (χ3n) is 1.84. The van der Waals surface area contributed by atoms with E-state index in [1.54, 1.807) is 11.3 Å². The Hall–Kier alpha value is -0.450. The van der Waals surface area contributed by atoms with E-state index in [0.29, 0.717) is 5.88 Å². The maximum atomic E-state index is 5.77. The summed E-state index contributed by atoms with van der Waals surface area (Å²) in [4.78, 5) is 9.82. The van der Waals surface area contributed by atoms with Crippen molar-refractivity contribution in [1.29, 1.82) is 0 Å². The summed E-state index contributed by atoms with van der Waals surface area (Å²) in [5.41, 5.74) is 1.81. The zero-order chi connectivity index (χ0) is 10.8. The minimum absolute atomic E-state index is 0.420. The van der Waals surface area contributed by atoms with Gasteiger partial charge in [-0.15, -0.1) is 22.9 Å². The van der Waals surface area contributed by atoms with Gasteiger partial charge in [0.2, 0.25) is 0 Å². The predicted octanol–water partition coefficient (Wildman–Crippen LogP) is 4.01. The Labute approximate surface area is 105 Å². The Morgan fingerprint density at radius 1 is 1.40 bits per heavy atom. The molecule has 0 aromatic carbocycles. The second-order valence-corrected chi connectivity index (χ2v) is 5.79. The summed E-state index contributed by atoms with van der Waals surface area (Å²) in [5.74, 6) is 1.17. The Morgan fingerprint density at radius 3 is 2.80 bits per heavy atom. The first kappa shape index (κ1) is 11.0. The highest BCUT2D eigenvalue weighted by molar-refractivity contribution is 9.11. The van der Waals surface area contributed by atoms with Crippen molar-refractivity contribution in [2.75, 3.05) is 0 Å². The Bertz CT molecular complexity index is 484. The Kier molecular flexibility index (Phi) is 3.38. The molecule has 15 heavy (non-hydrogen) atoms. The first-order valence-electron chi connectivity index (χ1n) is 4.35. The molecule has 0 saturated heterocycles. The molecule has 0 amide bonds. The first-order valence-corrected chi connectivity index (χ1v) is 6.49. The van der Waals surface area contributed by atoms with Gasteiger partial charge in [0.25, 0.3) is 0 Å². The largest absolute Gasteiger partial charge is 0.233 e. The lowest BCUT2D eigenvalue weighted by Crippen LogP contribution is -1.94. The van der Waals surface area contributed by atoms with Crippen molar-refractivity contribution in [3.63, 3.8) is 0 Å². The van der Waals surface area contributed by atoms with E-state index < -0.39 is 0 Å². The molecule has 0 bridgehead atoms. The highest BCUT2D eigenvalue weighted by Gasteiger charge is 2.06. The second kappa shape index (κ2) is 4.60. The van der Waals surface area contributed by atoms with Crippen molar-refractivity contribution in [3.05, 3.63) is 33.4 Å². The molecule has 0 unspecified atom stereocenters. The van der Waals surface area contributed by atoms with Crippen LogP contribution in [0.1, 0.15) is 11.4 Å². The Morgan fingerprint density at radius 2 is 2.20 bits per heavy atom. The maximum Gasteiger partial charge on any atom is 0.169 e. The van der Waals surface area contributed by atoms with Crippen LogP contribution in [0.15, 0.2) is 22.0 Å². The first-order chi connectivity index (χ1) is 7.19. The monoisotopic (exact) mass is 302 g/mol. The number of hydrogen-bond acceptors (Lipinski definition) is 3. The van der Waals surface area contributed by atoms with Crippen LogP contribution in [-0.4, -0.2) is 9.97 Å². The lowest BCUT2D eigenvalue weighted by atomic mass is 10.3. The molecule has 2 rings (SSSR count). The third kappa shape index (κ3) is 2.56. The molecule has 0 radical (unpaired) electrons. The average molecular weight is 304 g/mol. The van der Waals surface area contributed by atoms with E-state index in [0.717, 1.165) is 25.9 Å². The zero-order valence-electron chi connectivity index (χ0n) is 8.00. The van der Waals surface area contributed by atoms with Gasteiger partial charge in [0, 0.05) is 5.69 Å². The zero-order valence-corrected chi connectivity index (χ0v) is 11.2. The lowest BCUT2D eigenvalue weighted by molar-refractivity contribution is 1.06. The van der Waals surface area contributed by atoms with Crippen LogP contribution < -0.4 is 0 Å². The number of nitrogens with zero attached hydrogens (tertiary/aromatic N) is 2. The molecule has 2 aromatic heterocycles. The summed E-state index contributed by atoms with van der Waals surface area (Å²) in [7, 11) is 0. The third-order valence-corrected chi connectivity index (χ3v) is 3.73. The summed E-state index contributed by atoms with van der Waals surface area (Å²) in [6, 6.07) is 5.90. The smallest absolute Gasteiger partial charge is 0.169 e. The molecule has 0 saturated carbocycles. The molecule has 2 aromatic rings. The average Bonchev–Trinajstić information content (AvgIpc) is 2.64. The quantitative estimate of drug-likeness (QED) is 0.783. The highest BCUT2D eigenvalue weighted by atomic mass is 79.9. The van der Waals surface area contributed by atoms with Crippen molar-refractivity contribution in [2.24, 2.45) is 0 Å². The van der Waals surface area contributed by atoms with Crippen LogP contribution in [0.25, 0.3) is 10.7 Å². The number of rotatable bonds is 2. The molecular formula is C10H8BrClN2S. The van der Waals surface area contributed by atoms with E-state index in [1.165, 1.54) is 0 Å². The molecular weight excluding hydrogens is 296 g/mol. The van der Waals surface area contributed by atoms with Crippen molar-refractivity contribution >= 4 is 38.9 Å². The van der Waals surface area contributed by atoms with Gasteiger partial charge in [-0.1, -0.05) is 0 Å². The summed E-state index contributed by atoms with van der Waals surface area (Å²) in [5, 5.41) is 0. The molecule has 0 aliphatic carbocycles. The number of halogens is 2. The summed E-state index contributed by atoms with van der Waals surface area (Å²) >= 11 is 10.8. The van der Waals surface area contributed by atoms with Crippen LogP contribution >= 0.6 is 38.9 Å². The van der Waals surface area contributed by atoms with Crippen molar-refractivity contribution in [2.45, 2.75) is 12.8 Å². The Balaban J connectivity index is 2.48. The van der Waals surface area contributed by atoms with Gasteiger partial charge in [0.15, 0.2) is 5.82 Å². The minimum Gasteiger partial charge on any atom is -0.233 e. The van der Waals surface area contributed by atoms with Gasteiger partial charge in [0.05, 0.1) is 20.2 Å². The predicted molar refractivity (Wildman–Crippen MR) is 67.3 cm³/mol. The summed E-state index contributed by atoms with van der Waals surface area (Å²) < 4.78 is 1.08. The van der Waals surface area contributed by atoms with Crippen molar-refractivity contribution in [3.8, 4) is 10.7 Å². The number of alkyl halides is 1. The van der Waals surface area contributed by atoms with Gasteiger partial charge in [0.1, 0.15) is 0 Å². The van der Waals surface area contributed by atoms with E-state index in [-0.39, 0.29) is 0 Å². The summed E-state index contributed by atoms with van der Waals surface area (Å²) in [6.45, 7) is 1.95. The van der Waals surface area contributed by atoms with Gasteiger partial charge in [-0.2, -0.15) is 0 Å². The van der Waals surface area contributed by atoms with Crippen LogP contribution in [0, 0.1) is 6.92 Å². The molecule has 0 aliphatic rings. The van der Waals surface area contributed by atoms with Crippen LogP contribution in [0.4, 0.5) is 0 Å². The highest BCUT2D eigenvalue weighted by Crippen LogP contribution is 2.29. The fourth-order valence-electron chi connectivity index (χ4n) is 1.25. The van der Waals surface area contributed by atoms with Crippen LogP contribution in [-0.2, 0) is 5.88 Å². The van der Waals surface area contributed by atoms with E-state index in [4.69, 9.17) is 11.6 Å². The lowest BCUT2D eigenvalue weighted by Gasteiger charge is -2.01. The summed E-state index contributed by atoms with van der Waals surface area (Å²) in [6.07, 6.45) is 0. The molecule has 2 heterocycles. The molecule has 2 nitrogen and oxygen atoms in total. The topological polar surface area (TPSA) is 25.8 Å². The van der Waals surface area contributed by atoms with Gasteiger partial charge in [-0.25, -0.2) is 9.97 Å². The fraction of sp³-hybridized carbons (Fsp3) is 0.200. The van der Waals surface area contributed by atoms with E-state index >= 15 is 0 Å². The molecule has 0 spiro atoms. The molecule has 5 heteroatoms. The van der Waals surface area contributed by atoms with Crippen molar-refractivity contribution < 1.29 is 0 Å². The maximum absolute atomic E-state index is 5.77. The minimum atomic E-state index is 0.420. The number of aromatic nitrogens is 2. The van der Waals surface area contributed by atoms with Crippen molar-refractivity contribution in [1.82, 2.24) is 9.97 Å². The number of thiophene rings is 1. The van der Waals surface area contributed by atoms with Gasteiger partial charge in [-0.05, 0) is 41.1 Å². The fourth-order valence-corrected chi connectivity index (χ4v) is 2.70. The van der Waals surface area contributed by atoms with E-state index in [9.17, 15) is 0 Å². The van der Waals surface area contributed by atoms with Gasteiger partial charge < -0.3 is 0 Å². The molecule has 78 valence electrons. The normalized spacial score (nSPS) is 10.6. The van der Waals surface area contributed by atoms with Gasteiger partial charge >= 0.3 is 0 Å². The van der Waals surface area contributed by atoms with E-state index in [2.05, 4.69) is 25.9 Å². The number of aryl methyl sites for hydroxylation is 1. The van der Waals surface area contributed by atoms with Crippen LogP contribution in [0.5, 0.6) is 0 Å². The van der Waals surface area contributed by atoms with Crippen LogP contribution in [0.2, 0.25) is 0 Å². The van der Waals surface area contributed by atoms with E-state index in [1.807, 2.05) is 25.1 Å². The molecule has 0 fully saturated rings. The molecule has 0 atom stereocenters. The van der Waals surface area contributed by atoms with Crippen LogP contribution in [0.3, 0.4) is 0 Å². The molecule has 0 N–H and O–H groups in total. The number of hydrogen-bond donors (Lipinski definition) is 0. The SMILES string of the molecule is Cc1cc(CCl)nc(-c2ccc(Br)s2)n1. The standard InChI is InChI=1S/C10H8BrClN2S/c1-6-4-7(5-12)14-10(13-6)8-2-3-9(11)15-8/h2-4H,5H2,1H3. The second-order valence-electron chi connectivity index (χ2n) is 3.06. The molecule has 0 aliphatic heterocycles.